The fourth-order valence-electron chi connectivity index (χ4n) is 3.78. The van der Waals surface area contributed by atoms with Gasteiger partial charge in [-0.25, -0.2) is 0 Å². The lowest BCUT2D eigenvalue weighted by Crippen LogP contribution is -2.22. The zero-order valence-corrected chi connectivity index (χ0v) is 11.8. The van der Waals surface area contributed by atoms with E-state index in [1.165, 1.54) is 63.4 Å². The van der Waals surface area contributed by atoms with Crippen LogP contribution >= 0.6 is 0 Å². The molecule has 0 atom stereocenters. The number of hydrogen-bond donors (Lipinski definition) is 0. The lowest BCUT2D eigenvalue weighted by molar-refractivity contribution is 0.382. The normalized spacial score (nSPS) is 22.3. The summed E-state index contributed by atoms with van der Waals surface area (Å²) in [6, 6.07) is 9.40. The Kier molecular flexibility index (Phi) is 3.46. The van der Waals surface area contributed by atoms with E-state index >= 15 is 0 Å². The molecule has 1 aromatic carbocycles. The van der Waals surface area contributed by atoms with Gasteiger partial charge >= 0.3 is 0 Å². The Morgan fingerprint density at radius 3 is 2.33 bits per heavy atom. The van der Waals surface area contributed by atoms with E-state index in [1.807, 2.05) is 0 Å². The van der Waals surface area contributed by atoms with Gasteiger partial charge in [0.25, 0.3) is 0 Å². The highest BCUT2D eigenvalue weighted by Crippen LogP contribution is 2.46. The lowest BCUT2D eigenvalue weighted by atomic mass is 9.74. The first kappa shape index (κ1) is 12.3. The van der Waals surface area contributed by atoms with Crippen LogP contribution in [0.1, 0.15) is 68.9 Å². The first-order valence-electron chi connectivity index (χ1n) is 7.86. The maximum Gasteiger partial charge on any atom is -0.00470 e. The Labute approximate surface area is 112 Å². The molecule has 2 aliphatic carbocycles. The van der Waals surface area contributed by atoms with Crippen LogP contribution in [-0.4, -0.2) is 0 Å². The van der Waals surface area contributed by atoms with Crippen molar-refractivity contribution in [1.29, 1.82) is 0 Å². The molecule has 0 heterocycles. The molecule has 0 aliphatic heterocycles. The van der Waals surface area contributed by atoms with E-state index in [2.05, 4.69) is 31.2 Å². The Balaban J connectivity index is 1.70. The molecule has 0 amide bonds. The smallest absolute Gasteiger partial charge is 0.00470 e. The van der Waals surface area contributed by atoms with Gasteiger partial charge in [-0.05, 0) is 43.1 Å². The molecule has 0 radical (unpaired) electrons. The van der Waals surface area contributed by atoms with Gasteiger partial charge < -0.3 is 0 Å². The summed E-state index contributed by atoms with van der Waals surface area (Å²) in [5.41, 5.74) is 3.56. The van der Waals surface area contributed by atoms with Gasteiger partial charge in [0.15, 0.2) is 0 Å². The van der Waals surface area contributed by atoms with Gasteiger partial charge in [-0.2, -0.15) is 0 Å². The Hall–Kier alpha value is -0.780. The molecule has 3 rings (SSSR count). The lowest BCUT2D eigenvalue weighted by Gasteiger charge is -2.30. The monoisotopic (exact) mass is 242 g/mol. The molecule has 0 saturated heterocycles. The van der Waals surface area contributed by atoms with Crippen molar-refractivity contribution in [3.63, 3.8) is 0 Å². The van der Waals surface area contributed by atoms with Crippen molar-refractivity contribution < 1.29 is 0 Å². The minimum absolute atomic E-state index is 0.544. The van der Waals surface area contributed by atoms with E-state index in [0.717, 1.165) is 5.92 Å². The minimum Gasteiger partial charge on any atom is -0.0590 e. The molecule has 2 fully saturated rings. The molecule has 98 valence electrons. The van der Waals surface area contributed by atoms with Crippen molar-refractivity contribution in [2.24, 2.45) is 5.92 Å². The highest BCUT2D eigenvalue weighted by molar-refractivity contribution is 5.29. The predicted octanol–water partition coefficient (Wildman–Crippen LogP) is 5.39. The Morgan fingerprint density at radius 2 is 1.72 bits per heavy atom. The molecular weight excluding hydrogens is 216 g/mol. The van der Waals surface area contributed by atoms with Crippen LogP contribution in [0, 0.1) is 12.8 Å². The second-order valence-corrected chi connectivity index (χ2v) is 6.69. The first-order chi connectivity index (χ1) is 8.78. The van der Waals surface area contributed by atoms with Crippen LogP contribution in [0.25, 0.3) is 0 Å². The summed E-state index contributed by atoms with van der Waals surface area (Å²) >= 11 is 0. The van der Waals surface area contributed by atoms with Crippen molar-refractivity contribution in [2.75, 3.05) is 0 Å². The van der Waals surface area contributed by atoms with Crippen molar-refractivity contribution in [1.82, 2.24) is 0 Å². The quantitative estimate of drug-likeness (QED) is 0.649. The van der Waals surface area contributed by atoms with E-state index in [4.69, 9.17) is 0 Å². The molecule has 18 heavy (non-hydrogen) atoms. The third kappa shape index (κ3) is 2.63. The van der Waals surface area contributed by atoms with Crippen LogP contribution in [0.3, 0.4) is 0 Å². The van der Waals surface area contributed by atoms with E-state index in [0.29, 0.717) is 5.41 Å². The maximum atomic E-state index is 2.40. The zero-order valence-electron chi connectivity index (χ0n) is 11.8. The molecule has 0 heteroatoms. The van der Waals surface area contributed by atoms with Crippen LogP contribution in [0.5, 0.6) is 0 Å². The second kappa shape index (κ2) is 5.07. The van der Waals surface area contributed by atoms with Crippen LogP contribution in [0.4, 0.5) is 0 Å². The van der Waals surface area contributed by atoms with Gasteiger partial charge in [-0.1, -0.05) is 68.4 Å². The molecule has 0 unspecified atom stereocenters. The highest BCUT2D eigenvalue weighted by Gasteiger charge is 2.35. The average Bonchev–Trinajstić information content (AvgIpc) is 3.07. The summed E-state index contributed by atoms with van der Waals surface area (Å²) in [4.78, 5) is 0. The van der Waals surface area contributed by atoms with Gasteiger partial charge in [-0.15, -0.1) is 0 Å². The fourth-order valence-corrected chi connectivity index (χ4v) is 3.78. The largest absolute Gasteiger partial charge is 0.0590 e. The summed E-state index contributed by atoms with van der Waals surface area (Å²) in [6.07, 6.45) is 13.2. The fraction of sp³-hybridized carbons (Fsp3) is 0.667. The van der Waals surface area contributed by atoms with Crippen LogP contribution in [0.2, 0.25) is 0 Å². The topological polar surface area (TPSA) is 0 Å². The molecule has 2 saturated carbocycles. The van der Waals surface area contributed by atoms with E-state index in [-0.39, 0.29) is 0 Å². The van der Waals surface area contributed by atoms with E-state index in [9.17, 15) is 0 Å². The number of rotatable bonds is 5. The van der Waals surface area contributed by atoms with E-state index < -0.39 is 0 Å². The Bertz CT molecular complexity index is 377. The third-order valence-electron chi connectivity index (χ3n) is 5.19. The third-order valence-corrected chi connectivity index (χ3v) is 5.19. The van der Waals surface area contributed by atoms with Crippen molar-refractivity contribution >= 4 is 0 Å². The maximum absolute atomic E-state index is 2.40. The molecule has 2 aliphatic rings. The molecule has 0 aromatic heterocycles. The molecule has 0 nitrogen and oxygen atoms in total. The van der Waals surface area contributed by atoms with Gasteiger partial charge in [0, 0.05) is 0 Å². The van der Waals surface area contributed by atoms with E-state index in [1.54, 1.807) is 5.56 Å². The standard InChI is InChI=1S/C18H26/c1-15-6-10-17(11-7-15)18(12-2-3-13-18)14-4-5-16-8-9-16/h6-7,10-11,16H,2-5,8-9,12-14H2,1H3. The van der Waals surface area contributed by atoms with Gasteiger partial charge in [0.05, 0.1) is 0 Å². The molecule has 0 spiro atoms. The summed E-state index contributed by atoms with van der Waals surface area (Å²) in [5, 5.41) is 0. The minimum atomic E-state index is 0.544. The van der Waals surface area contributed by atoms with Crippen molar-refractivity contribution in [3.8, 4) is 0 Å². The highest BCUT2D eigenvalue weighted by atomic mass is 14.4. The first-order valence-corrected chi connectivity index (χ1v) is 7.86. The SMILES string of the molecule is Cc1ccc(C2(CCCC3CC3)CCCC2)cc1. The summed E-state index contributed by atoms with van der Waals surface area (Å²) < 4.78 is 0. The second-order valence-electron chi connectivity index (χ2n) is 6.69. The van der Waals surface area contributed by atoms with Gasteiger partial charge in [-0.3, -0.25) is 0 Å². The average molecular weight is 242 g/mol. The number of aryl methyl sites for hydroxylation is 1. The predicted molar refractivity (Wildman–Crippen MR) is 77.9 cm³/mol. The van der Waals surface area contributed by atoms with Crippen LogP contribution in [0.15, 0.2) is 24.3 Å². The van der Waals surface area contributed by atoms with Crippen molar-refractivity contribution in [3.05, 3.63) is 35.4 Å². The van der Waals surface area contributed by atoms with Crippen LogP contribution < -0.4 is 0 Å². The van der Waals surface area contributed by atoms with Crippen molar-refractivity contribution in [2.45, 2.75) is 70.1 Å². The molecular formula is C18H26. The molecule has 1 aromatic rings. The molecule has 0 bridgehead atoms. The number of benzene rings is 1. The summed E-state index contributed by atoms with van der Waals surface area (Å²) in [7, 11) is 0. The summed E-state index contributed by atoms with van der Waals surface area (Å²) in [6.45, 7) is 2.19. The molecule has 0 N–H and O–H groups in total. The zero-order chi connectivity index (χ0) is 12.4. The van der Waals surface area contributed by atoms with Gasteiger partial charge in [0.2, 0.25) is 0 Å². The van der Waals surface area contributed by atoms with Crippen LogP contribution in [-0.2, 0) is 5.41 Å². The number of hydrogen-bond acceptors (Lipinski definition) is 0. The Morgan fingerprint density at radius 1 is 1.06 bits per heavy atom. The van der Waals surface area contributed by atoms with Gasteiger partial charge in [0.1, 0.15) is 0 Å². The summed E-state index contributed by atoms with van der Waals surface area (Å²) in [5.74, 6) is 1.10.